The summed E-state index contributed by atoms with van der Waals surface area (Å²) in [7, 11) is 1.25. The lowest BCUT2D eigenvalue weighted by Gasteiger charge is -2.18. The molecule has 7 nitrogen and oxygen atoms in total. The highest BCUT2D eigenvalue weighted by Gasteiger charge is 2.23. The number of aryl methyl sites for hydroxylation is 2. The van der Waals surface area contributed by atoms with Gasteiger partial charge >= 0.3 is 11.9 Å². The molecule has 1 amide bonds. The van der Waals surface area contributed by atoms with Crippen LogP contribution in [-0.2, 0) is 23.9 Å². The second-order valence-electron chi connectivity index (χ2n) is 6.68. The van der Waals surface area contributed by atoms with E-state index in [1.165, 1.54) is 18.4 Å². The third kappa shape index (κ3) is 7.90. The second kappa shape index (κ2) is 10.8. The number of nitrogens with one attached hydrogen (secondary N) is 1. The quantitative estimate of drug-likeness (QED) is 0.481. The van der Waals surface area contributed by atoms with Gasteiger partial charge in [-0.2, -0.15) is 0 Å². The highest BCUT2D eigenvalue weighted by atomic mass is 32.1. The number of ether oxygens (including phenoxy) is 2. The molecule has 0 aromatic carbocycles. The lowest BCUT2D eigenvalue weighted by molar-refractivity contribution is -0.150. The zero-order chi connectivity index (χ0) is 20.6. The van der Waals surface area contributed by atoms with Crippen molar-refractivity contribution in [2.75, 3.05) is 13.7 Å². The Morgan fingerprint density at radius 3 is 2.33 bits per heavy atom. The summed E-state index contributed by atoms with van der Waals surface area (Å²) < 4.78 is 9.55. The molecule has 0 bridgehead atoms. The van der Waals surface area contributed by atoms with Gasteiger partial charge in [0.1, 0.15) is 6.04 Å². The van der Waals surface area contributed by atoms with Crippen molar-refractivity contribution in [3.05, 3.63) is 21.4 Å². The number of Topliss-reactive ketones (excluding diaryl/α,β-unsaturated/α-hetero) is 1. The molecule has 150 valence electrons. The van der Waals surface area contributed by atoms with Crippen LogP contribution in [0, 0.1) is 19.8 Å². The van der Waals surface area contributed by atoms with Gasteiger partial charge in [-0.3, -0.25) is 14.4 Å². The van der Waals surface area contributed by atoms with Crippen LogP contribution < -0.4 is 5.32 Å². The number of carbonyl (C=O) groups is 4. The SMILES string of the molecule is COC(=O)C(CC(C)C)NC(=O)COC(=O)CCC(=O)c1cc(C)sc1C. The van der Waals surface area contributed by atoms with Crippen molar-refractivity contribution in [3.8, 4) is 0 Å². The summed E-state index contributed by atoms with van der Waals surface area (Å²) in [4.78, 5) is 49.5. The van der Waals surface area contributed by atoms with Gasteiger partial charge in [-0.15, -0.1) is 11.3 Å². The number of ketones is 1. The predicted molar refractivity (Wildman–Crippen MR) is 102 cm³/mol. The van der Waals surface area contributed by atoms with E-state index in [1.54, 1.807) is 0 Å². The van der Waals surface area contributed by atoms with E-state index in [2.05, 4.69) is 10.1 Å². The fourth-order valence-electron chi connectivity index (χ4n) is 2.54. The maximum atomic E-state index is 12.1. The normalized spacial score (nSPS) is 11.8. The highest BCUT2D eigenvalue weighted by molar-refractivity contribution is 7.12. The Morgan fingerprint density at radius 1 is 1.15 bits per heavy atom. The first-order valence-electron chi connectivity index (χ1n) is 8.77. The highest BCUT2D eigenvalue weighted by Crippen LogP contribution is 2.22. The number of methoxy groups -OCH3 is 1. The number of thiophene rings is 1. The summed E-state index contributed by atoms with van der Waals surface area (Å²) in [6.07, 6.45) is 0.336. The van der Waals surface area contributed by atoms with Gasteiger partial charge in [0.2, 0.25) is 0 Å². The van der Waals surface area contributed by atoms with E-state index in [4.69, 9.17) is 4.74 Å². The molecule has 0 aliphatic heterocycles. The van der Waals surface area contributed by atoms with Crippen LogP contribution in [0.1, 0.15) is 53.2 Å². The van der Waals surface area contributed by atoms with Gasteiger partial charge < -0.3 is 14.8 Å². The molecule has 0 spiro atoms. The molecular formula is C19H27NO6S. The van der Waals surface area contributed by atoms with Gasteiger partial charge in [0, 0.05) is 21.7 Å². The minimum Gasteiger partial charge on any atom is -0.467 e. The van der Waals surface area contributed by atoms with Crippen molar-refractivity contribution in [1.82, 2.24) is 5.32 Å². The molecule has 27 heavy (non-hydrogen) atoms. The maximum Gasteiger partial charge on any atom is 0.328 e. The fourth-order valence-corrected chi connectivity index (χ4v) is 3.48. The first-order valence-corrected chi connectivity index (χ1v) is 9.58. The van der Waals surface area contributed by atoms with E-state index in [0.717, 1.165) is 9.75 Å². The summed E-state index contributed by atoms with van der Waals surface area (Å²) in [5, 5.41) is 2.50. The van der Waals surface area contributed by atoms with Gasteiger partial charge in [0.05, 0.1) is 13.5 Å². The topological polar surface area (TPSA) is 98.8 Å². The van der Waals surface area contributed by atoms with Crippen LogP contribution >= 0.6 is 11.3 Å². The van der Waals surface area contributed by atoms with Crippen molar-refractivity contribution in [3.63, 3.8) is 0 Å². The lowest BCUT2D eigenvalue weighted by atomic mass is 10.0. The maximum absolute atomic E-state index is 12.1. The smallest absolute Gasteiger partial charge is 0.328 e. The first kappa shape index (κ1) is 22.8. The average molecular weight is 397 g/mol. The van der Waals surface area contributed by atoms with Gasteiger partial charge in [-0.25, -0.2) is 4.79 Å². The largest absolute Gasteiger partial charge is 0.467 e. The Balaban J connectivity index is 2.42. The van der Waals surface area contributed by atoms with E-state index in [0.29, 0.717) is 12.0 Å². The zero-order valence-corrected chi connectivity index (χ0v) is 17.2. The van der Waals surface area contributed by atoms with Crippen molar-refractivity contribution in [1.29, 1.82) is 0 Å². The molecule has 0 radical (unpaired) electrons. The van der Waals surface area contributed by atoms with Crippen LogP contribution in [0.2, 0.25) is 0 Å². The standard InChI is InChI=1S/C19H27NO6S/c1-11(2)8-15(19(24)25-5)20-17(22)10-26-18(23)7-6-16(21)14-9-12(3)27-13(14)4/h9,11,15H,6-8,10H2,1-5H3,(H,20,22). The molecule has 1 rings (SSSR count). The molecule has 0 fully saturated rings. The van der Waals surface area contributed by atoms with Crippen LogP contribution in [0.3, 0.4) is 0 Å². The Morgan fingerprint density at radius 2 is 1.81 bits per heavy atom. The van der Waals surface area contributed by atoms with Gasteiger partial charge in [0.15, 0.2) is 12.4 Å². The van der Waals surface area contributed by atoms with Crippen LogP contribution in [-0.4, -0.2) is 43.4 Å². The summed E-state index contributed by atoms with van der Waals surface area (Å²) in [5.41, 5.74) is 0.623. The number of rotatable bonds is 10. The zero-order valence-electron chi connectivity index (χ0n) is 16.4. The van der Waals surface area contributed by atoms with E-state index >= 15 is 0 Å². The molecule has 8 heteroatoms. The molecule has 0 saturated carbocycles. The Hall–Kier alpha value is -2.22. The molecule has 1 heterocycles. The minimum atomic E-state index is -0.785. The van der Waals surface area contributed by atoms with Gasteiger partial charge in [-0.1, -0.05) is 13.8 Å². The number of esters is 2. The molecule has 1 unspecified atom stereocenters. The van der Waals surface area contributed by atoms with Crippen LogP contribution in [0.25, 0.3) is 0 Å². The van der Waals surface area contributed by atoms with Gasteiger partial charge in [-0.05, 0) is 32.3 Å². The summed E-state index contributed by atoms with van der Waals surface area (Å²) >= 11 is 1.53. The summed E-state index contributed by atoms with van der Waals surface area (Å²) in [6, 6.07) is 1.02. The van der Waals surface area contributed by atoms with Crippen molar-refractivity contribution >= 4 is 35.0 Å². The third-order valence-corrected chi connectivity index (χ3v) is 4.76. The molecule has 1 N–H and O–H groups in total. The molecule has 0 aliphatic rings. The van der Waals surface area contributed by atoms with Crippen molar-refractivity contribution in [2.24, 2.45) is 5.92 Å². The molecule has 1 aromatic rings. The third-order valence-electron chi connectivity index (χ3n) is 3.79. The molecule has 0 aliphatic carbocycles. The van der Waals surface area contributed by atoms with E-state index < -0.39 is 30.5 Å². The molecule has 0 saturated heterocycles. The van der Waals surface area contributed by atoms with E-state index in [9.17, 15) is 19.2 Å². The number of hydrogen-bond acceptors (Lipinski definition) is 7. The monoisotopic (exact) mass is 397 g/mol. The van der Waals surface area contributed by atoms with Crippen molar-refractivity contribution in [2.45, 2.75) is 53.0 Å². The Labute approximate surface area is 163 Å². The average Bonchev–Trinajstić information content (AvgIpc) is 2.94. The Kier molecular flexibility index (Phi) is 9.14. The molecule has 1 atom stereocenters. The Bertz CT molecular complexity index is 694. The van der Waals surface area contributed by atoms with Crippen molar-refractivity contribution < 1.29 is 28.7 Å². The van der Waals surface area contributed by atoms with E-state index in [-0.39, 0.29) is 24.5 Å². The van der Waals surface area contributed by atoms with Crippen LogP contribution in [0.5, 0.6) is 0 Å². The van der Waals surface area contributed by atoms with Gasteiger partial charge in [0.25, 0.3) is 5.91 Å². The number of hydrogen-bond donors (Lipinski definition) is 1. The molecular weight excluding hydrogens is 370 g/mol. The number of amides is 1. The first-order chi connectivity index (χ1) is 12.6. The number of carbonyl (C=O) groups excluding carboxylic acids is 4. The second-order valence-corrected chi connectivity index (χ2v) is 8.14. The van der Waals surface area contributed by atoms with E-state index in [1.807, 2.05) is 33.8 Å². The lowest BCUT2D eigenvalue weighted by Crippen LogP contribution is -2.44. The molecule has 1 aromatic heterocycles. The summed E-state index contributed by atoms with van der Waals surface area (Å²) in [5.74, 6) is -1.72. The van der Waals surface area contributed by atoms with Crippen LogP contribution in [0.4, 0.5) is 0 Å². The fraction of sp³-hybridized carbons (Fsp3) is 0.579. The summed E-state index contributed by atoms with van der Waals surface area (Å²) in [6.45, 7) is 7.10. The minimum absolute atomic E-state index is 0.0234. The van der Waals surface area contributed by atoms with Crippen LogP contribution in [0.15, 0.2) is 6.07 Å². The predicted octanol–water partition coefficient (Wildman–Crippen LogP) is 2.57.